The molecule has 0 fully saturated rings. The molecule has 2 atom stereocenters. The predicted octanol–water partition coefficient (Wildman–Crippen LogP) is 1.50. The predicted molar refractivity (Wildman–Crippen MR) is 54.6 cm³/mol. The highest BCUT2D eigenvalue weighted by Crippen LogP contribution is 2.09. The van der Waals surface area contributed by atoms with E-state index in [1.54, 1.807) is 6.92 Å². The molecule has 0 bridgehead atoms. The fraction of sp³-hybridized carbons (Fsp3) is 0.900. The summed E-state index contributed by atoms with van der Waals surface area (Å²) in [7, 11) is 1.39. The van der Waals surface area contributed by atoms with Crippen LogP contribution in [0.2, 0.25) is 0 Å². The minimum absolute atomic E-state index is 0.0679. The van der Waals surface area contributed by atoms with Crippen LogP contribution in [0, 0.1) is 5.92 Å². The van der Waals surface area contributed by atoms with Crippen LogP contribution in [0.1, 0.15) is 34.6 Å². The van der Waals surface area contributed by atoms with Crippen LogP contribution in [0.4, 0.5) is 0 Å². The molecule has 0 radical (unpaired) electrons. The Balaban J connectivity index is 3.96. The van der Waals surface area contributed by atoms with Gasteiger partial charge in [-0.15, -0.1) is 0 Å². The maximum Gasteiger partial charge on any atom is 0.310 e. The molecule has 14 heavy (non-hydrogen) atoms. The molecule has 0 aromatic rings. The number of carbonyl (C=O) groups is 1. The second kappa shape index (κ2) is 5.32. The summed E-state index contributed by atoms with van der Waals surface area (Å²) in [5.41, 5.74) is 2.58. The third kappa shape index (κ3) is 5.19. The minimum Gasteiger partial charge on any atom is -0.469 e. The van der Waals surface area contributed by atoms with Gasteiger partial charge in [-0.25, -0.2) is 0 Å². The molecule has 0 aliphatic rings. The SMILES string of the molecule is COC(=O)C(C)C(C)NOC(C)(C)C. The number of rotatable bonds is 4. The maximum absolute atomic E-state index is 11.2. The van der Waals surface area contributed by atoms with Crippen LogP contribution >= 0.6 is 0 Å². The van der Waals surface area contributed by atoms with E-state index in [1.165, 1.54) is 7.11 Å². The quantitative estimate of drug-likeness (QED) is 0.555. The highest BCUT2D eigenvalue weighted by Gasteiger charge is 2.22. The van der Waals surface area contributed by atoms with E-state index in [0.717, 1.165) is 0 Å². The van der Waals surface area contributed by atoms with E-state index in [2.05, 4.69) is 10.2 Å². The zero-order valence-corrected chi connectivity index (χ0v) is 9.88. The Morgan fingerprint density at radius 1 is 1.29 bits per heavy atom. The van der Waals surface area contributed by atoms with Crippen molar-refractivity contribution in [3.63, 3.8) is 0 Å². The number of esters is 1. The lowest BCUT2D eigenvalue weighted by Gasteiger charge is -2.25. The van der Waals surface area contributed by atoms with E-state index in [1.807, 2.05) is 27.7 Å². The molecular formula is C10H21NO3. The minimum atomic E-state index is -0.260. The molecule has 0 aromatic carbocycles. The second-order valence-corrected chi connectivity index (χ2v) is 4.43. The summed E-state index contributed by atoms with van der Waals surface area (Å²) in [6.07, 6.45) is 0. The highest BCUT2D eigenvalue weighted by atomic mass is 16.7. The molecule has 0 spiro atoms. The first-order valence-corrected chi connectivity index (χ1v) is 4.79. The van der Waals surface area contributed by atoms with Crippen molar-refractivity contribution in [1.29, 1.82) is 0 Å². The Morgan fingerprint density at radius 3 is 2.14 bits per heavy atom. The fourth-order valence-corrected chi connectivity index (χ4v) is 0.762. The van der Waals surface area contributed by atoms with Gasteiger partial charge in [0.2, 0.25) is 0 Å². The lowest BCUT2D eigenvalue weighted by atomic mass is 10.1. The van der Waals surface area contributed by atoms with Crippen molar-refractivity contribution in [2.24, 2.45) is 5.92 Å². The summed E-state index contributed by atoms with van der Waals surface area (Å²) >= 11 is 0. The Bertz CT molecular complexity index is 186. The lowest BCUT2D eigenvalue weighted by Crippen LogP contribution is -2.41. The third-order valence-corrected chi connectivity index (χ3v) is 1.87. The summed E-state index contributed by atoms with van der Waals surface area (Å²) in [6, 6.07) is -0.0679. The molecule has 4 nitrogen and oxygen atoms in total. The summed E-state index contributed by atoms with van der Waals surface area (Å²) < 4.78 is 4.63. The van der Waals surface area contributed by atoms with Gasteiger partial charge in [-0.3, -0.25) is 9.63 Å². The fourth-order valence-electron chi connectivity index (χ4n) is 0.762. The molecule has 0 saturated carbocycles. The van der Waals surface area contributed by atoms with Crippen molar-refractivity contribution in [2.75, 3.05) is 7.11 Å². The number of hydrogen-bond acceptors (Lipinski definition) is 4. The molecule has 1 N–H and O–H groups in total. The molecule has 4 heteroatoms. The molecule has 0 aromatic heterocycles. The van der Waals surface area contributed by atoms with Crippen molar-refractivity contribution in [2.45, 2.75) is 46.3 Å². The first kappa shape index (κ1) is 13.4. The van der Waals surface area contributed by atoms with Crippen molar-refractivity contribution < 1.29 is 14.4 Å². The largest absolute Gasteiger partial charge is 0.469 e. The van der Waals surface area contributed by atoms with Gasteiger partial charge >= 0.3 is 5.97 Å². The van der Waals surface area contributed by atoms with E-state index in [-0.39, 0.29) is 23.5 Å². The van der Waals surface area contributed by atoms with E-state index in [0.29, 0.717) is 0 Å². The third-order valence-electron chi connectivity index (χ3n) is 1.87. The number of methoxy groups -OCH3 is 1. The topological polar surface area (TPSA) is 47.6 Å². The zero-order valence-electron chi connectivity index (χ0n) is 9.88. The molecule has 0 rings (SSSR count). The smallest absolute Gasteiger partial charge is 0.310 e. The maximum atomic E-state index is 11.2. The summed E-state index contributed by atoms with van der Waals surface area (Å²) in [5, 5.41) is 0. The molecular weight excluding hydrogens is 182 g/mol. The molecule has 0 amide bonds. The van der Waals surface area contributed by atoms with Gasteiger partial charge in [0, 0.05) is 6.04 Å². The van der Waals surface area contributed by atoms with E-state index >= 15 is 0 Å². The van der Waals surface area contributed by atoms with Crippen LogP contribution in [0.15, 0.2) is 0 Å². The van der Waals surface area contributed by atoms with E-state index < -0.39 is 0 Å². The van der Waals surface area contributed by atoms with Crippen molar-refractivity contribution in [1.82, 2.24) is 5.48 Å². The highest BCUT2D eigenvalue weighted by molar-refractivity contribution is 5.72. The number of ether oxygens (including phenoxy) is 1. The Morgan fingerprint density at radius 2 is 1.79 bits per heavy atom. The molecule has 0 saturated heterocycles. The first-order valence-electron chi connectivity index (χ1n) is 4.79. The van der Waals surface area contributed by atoms with Gasteiger partial charge in [-0.2, -0.15) is 5.48 Å². The van der Waals surface area contributed by atoms with Gasteiger partial charge in [0.15, 0.2) is 0 Å². The Kier molecular flexibility index (Phi) is 5.08. The second-order valence-electron chi connectivity index (χ2n) is 4.43. The van der Waals surface area contributed by atoms with Gasteiger partial charge in [0.05, 0.1) is 18.6 Å². The van der Waals surface area contributed by atoms with Gasteiger partial charge in [-0.05, 0) is 27.7 Å². The van der Waals surface area contributed by atoms with Crippen molar-refractivity contribution in [3.8, 4) is 0 Å². The lowest BCUT2D eigenvalue weighted by molar-refractivity contribution is -0.150. The monoisotopic (exact) mass is 203 g/mol. The van der Waals surface area contributed by atoms with Crippen LogP contribution in [-0.4, -0.2) is 24.7 Å². The summed E-state index contributed by atoms with van der Waals surface area (Å²) in [5.74, 6) is -0.454. The van der Waals surface area contributed by atoms with Gasteiger partial charge < -0.3 is 4.74 Å². The van der Waals surface area contributed by atoms with Crippen LogP contribution in [0.3, 0.4) is 0 Å². The Hall–Kier alpha value is -0.610. The van der Waals surface area contributed by atoms with Gasteiger partial charge in [-0.1, -0.05) is 6.92 Å². The van der Waals surface area contributed by atoms with Crippen molar-refractivity contribution >= 4 is 5.97 Å². The average molecular weight is 203 g/mol. The zero-order chi connectivity index (χ0) is 11.4. The molecule has 84 valence electrons. The number of carbonyl (C=O) groups excluding carboxylic acids is 1. The number of hydrogen-bond donors (Lipinski definition) is 1. The summed E-state index contributed by atoms with van der Waals surface area (Å²) in [6.45, 7) is 9.50. The van der Waals surface area contributed by atoms with Crippen LogP contribution < -0.4 is 5.48 Å². The number of nitrogens with one attached hydrogen (secondary N) is 1. The first-order chi connectivity index (χ1) is 6.28. The molecule has 2 unspecified atom stereocenters. The van der Waals surface area contributed by atoms with Crippen LogP contribution in [0.5, 0.6) is 0 Å². The van der Waals surface area contributed by atoms with Gasteiger partial charge in [0.25, 0.3) is 0 Å². The number of hydroxylamine groups is 1. The van der Waals surface area contributed by atoms with Crippen molar-refractivity contribution in [3.05, 3.63) is 0 Å². The average Bonchev–Trinajstić information content (AvgIpc) is 2.10. The standard InChI is InChI=1S/C10H21NO3/c1-7(9(12)13-6)8(2)11-14-10(3,4)5/h7-8,11H,1-6H3. The molecule has 0 aliphatic carbocycles. The van der Waals surface area contributed by atoms with E-state index in [4.69, 9.17) is 4.84 Å². The molecule has 0 heterocycles. The van der Waals surface area contributed by atoms with E-state index in [9.17, 15) is 4.79 Å². The Labute approximate surface area is 85.9 Å². The molecule has 0 aliphatic heterocycles. The van der Waals surface area contributed by atoms with Gasteiger partial charge in [0.1, 0.15) is 0 Å². The normalized spacial score (nSPS) is 16.1. The van der Waals surface area contributed by atoms with Crippen LogP contribution in [0.25, 0.3) is 0 Å². The van der Waals surface area contributed by atoms with Crippen LogP contribution in [-0.2, 0) is 14.4 Å². The summed E-state index contributed by atoms with van der Waals surface area (Å²) in [4.78, 5) is 16.5.